The lowest BCUT2D eigenvalue weighted by atomic mass is 9.76. The van der Waals surface area contributed by atoms with Gasteiger partial charge in [-0.1, -0.05) is 29.8 Å². The molecule has 0 amide bonds. The molecule has 3 aliphatic rings. The Morgan fingerprint density at radius 3 is 2.78 bits per heavy atom. The van der Waals surface area contributed by atoms with Crippen molar-refractivity contribution in [3.63, 3.8) is 0 Å². The summed E-state index contributed by atoms with van der Waals surface area (Å²) in [6, 6.07) is 8.17. The van der Waals surface area contributed by atoms with Gasteiger partial charge in [0.15, 0.2) is 0 Å². The summed E-state index contributed by atoms with van der Waals surface area (Å²) >= 11 is 0. The van der Waals surface area contributed by atoms with Gasteiger partial charge in [-0.05, 0) is 26.2 Å². The van der Waals surface area contributed by atoms with E-state index in [1.54, 1.807) is 0 Å². The minimum absolute atomic E-state index is 0.0463. The summed E-state index contributed by atoms with van der Waals surface area (Å²) in [4.78, 5) is 12.0. The molecular formula is C15H16O3. The van der Waals surface area contributed by atoms with Crippen molar-refractivity contribution < 1.29 is 14.3 Å². The van der Waals surface area contributed by atoms with Gasteiger partial charge in [0.2, 0.25) is 5.79 Å². The second-order valence-electron chi connectivity index (χ2n) is 5.72. The van der Waals surface area contributed by atoms with Gasteiger partial charge >= 0.3 is 5.97 Å². The van der Waals surface area contributed by atoms with Gasteiger partial charge in [-0.25, -0.2) is 0 Å². The zero-order valence-electron chi connectivity index (χ0n) is 10.4. The molecule has 2 saturated heterocycles. The van der Waals surface area contributed by atoms with Gasteiger partial charge in [0.25, 0.3) is 0 Å². The highest BCUT2D eigenvalue weighted by Crippen LogP contribution is 2.58. The van der Waals surface area contributed by atoms with Crippen LogP contribution in [0, 0.1) is 18.8 Å². The van der Waals surface area contributed by atoms with Crippen LogP contribution in [0.3, 0.4) is 0 Å². The van der Waals surface area contributed by atoms with Gasteiger partial charge in [0, 0.05) is 11.5 Å². The van der Waals surface area contributed by atoms with E-state index in [0.29, 0.717) is 0 Å². The average Bonchev–Trinajstić information content (AvgIpc) is 2.78. The molecule has 4 atom stereocenters. The summed E-state index contributed by atoms with van der Waals surface area (Å²) in [6.07, 6.45) is 3.14. The maximum absolute atomic E-state index is 12.0. The van der Waals surface area contributed by atoms with Crippen LogP contribution >= 0.6 is 0 Å². The number of esters is 1. The molecule has 1 aromatic carbocycles. The van der Waals surface area contributed by atoms with Gasteiger partial charge in [-0.3, -0.25) is 4.79 Å². The predicted octanol–water partition coefficient (Wildman–Crippen LogP) is 2.52. The van der Waals surface area contributed by atoms with Crippen molar-refractivity contribution in [3.05, 3.63) is 35.4 Å². The summed E-state index contributed by atoms with van der Waals surface area (Å²) in [5.41, 5.74) is 2.20. The molecule has 0 aromatic heterocycles. The minimum Gasteiger partial charge on any atom is -0.428 e. The topological polar surface area (TPSA) is 35.5 Å². The Balaban J connectivity index is 1.83. The molecule has 2 aliphatic heterocycles. The number of hydrogen-bond donors (Lipinski definition) is 0. The van der Waals surface area contributed by atoms with Crippen LogP contribution < -0.4 is 0 Å². The molecule has 0 spiro atoms. The molecule has 1 aromatic rings. The highest BCUT2D eigenvalue weighted by Gasteiger charge is 2.64. The van der Waals surface area contributed by atoms with Crippen LogP contribution in [0.15, 0.2) is 24.3 Å². The predicted molar refractivity (Wildman–Crippen MR) is 64.7 cm³/mol. The van der Waals surface area contributed by atoms with E-state index in [1.807, 2.05) is 12.1 Å². The molecule has 1 aliphatic carbocycles. The summed E-state index contributed by atoms with van der Waals surface area (Å²) in [7, 11) is 0. The molecule has 3 fully saturated rings. The van der Waals surface area contributed by atoms with Crippen molar-refractivity contribution in [1.29, 1.82) is 0 Å². The highest BCUT2D eigenvalue weighted by molar-refractivity contribution is 5.76. The molecule has 4 rings (SSSR count). The summed E-state index contributed by atoms with van der Waals surface area (Å²) < 4.78 is 11.8. The van der Waals surface area contributed by atoms with Crippen LogP contribution in [-0.2, 0) is 20.1 Å². The molecule has 94 valence electrons. The molecule has 18 heavy (non-hydrogen) atoms. The molecule has 0 radical (unpaired) electrons. The zero-order chi connectivity index (χ0) is 12.3. The Kier molecular flexibility index (Phi) is 1.97. The second-order valence-corrected chi connectivity index (χ2v) is 5.72. The number of aryl methyl sites for hydroxylation is 1. The highest BCUT2D eigenvalue weighted by atomic mass is 16.7. The van der Waals surface area contributed by atoms with Crippen LogP contribution in [0.25, 0.3) is 0 Å². The van der Waals surface area contributed by atoms with E-state index in [0.717, 1.165) is 24.8 Å². The Morgan fingerprint density at radius 1 is 1.22 bits per heavy atom. The molecule has 0 N–H and O–H groups in total. The van der Waals surface area contributed by atoms with Gasteiger partial charge in [-0.2, -0.15) is 0 Å². The number of benzene rings is 1. The fraction of sp³-hybridized carbons (Fsp3) is 0.533. The number of rotatable bonds is 1. The van der Waals surface area contributed by atoms with Gasteiger partial charge in [0.1, 0.15) is 0 Å². The third-order valence-corrected chi connectivity index (χ3v) is 4.64. The maximum Gasteiger partial charge on any atom is 0.312 e. The lowest BCUT2D eigenvalue weighted by Crippen LogP contribution is -2.31. The number of carbonyl (C=O) groups is 1. The molecule has 3 nitrogen and oxygen atoms in total. The van der Waals surface area contributed by atoms with Crippen LogP contribution in [0.4, 0.5) is 0 Å². The molecule has 2 bridgehead atoms. The lowest BCUT2D eigenvalue weighted by molar-refractivity contribution is -0.222. The Hall–Kier alpha value is -1.35. The van der Waals surface area contributed by atoms with E-state index in [9.17, 15) is 4.79 Å². The first kappa shape index (κ1) is 10.6. The van der Waals surface area contributed by atoms with Crippen molar-refractivity contribution in [1.82, 2.24) is 0 Å². The SMILES string of the molecule is Cc1ccc([C@]23OC(=O)[C@H]4CC[C@H](C[C@H]42)O3)cc1. The van der Waals surface area contributed by atoms with E-state index >= 15 is 0 Å². The standard InChI is InChI=1S/C15H16O3/c1-9-2-4-10(5-3-9)15-13-8-11(17-15)6-7-12(13)14(16)18-15/h2-5,11-13H,6-8H2,1H3/t11-,12+,13-,15+/m1/s1. The van der Waals surface area contributed by atoms with E-state index in [-0.39, 0.29) is 23.9 Å². The van der Waals surface area contributed by atoms with Crippen molar-refractivity contribution in [2.75, 3.05) is 0 Å². The first-order valence-corrected chi connectivity index (χ1v) is 6.67. The second kappa shape index (κ2) is 3.35. The fourth-order valence-electron chi connectivity index (χ4n) is 3.73. The van der Waals surface area contributed by atoms with Crippen molar-refractivity contribution in [2.24, 2.45) is 11.8 Å². The smallest absolute Gasteiger partial charge is 0.312 e. The number of fused-ring (bicyclic) bond motifs is 1. The summed E-state index contributed by atoms with van der Waals surface area (Å²) in [5, 5.41) is 0. The first-order valence-electron chi connectivity index (χ1n) is 6.67. The van der Waals surface area contributed by atoms with E-state index in [2.05, 4.69) is 19.1 Å². The van der Waals surface area contributed by atoms with E-state index in [4.69, 9.17) is 9.47 Å². The summed E-state index contributed by atoms with van der Waals surface area (Å²) in [5.74, 6) is -0.591. The third-order valence-electron chi connectivity index (χ3n) is 4.64. The number of ether oxygens (including phenoxy) is 2. The van der Waals surface area contributed by atoms with Crippen LogP contribution in [0.5, 0.6) is 0 Å². The molecule has 2 heterocycles. The normalized spacial score (nSPS) is 40.9. The third kappa shape index (κ3) is 1.20. The van der Waals surface area contributed by atoms with Gasteiger partial charge in [-0.15, -0.1) is 0 Å². The monoisotopic (exact) mass is 244 g/mol. The lowest BCUT2D eigenvalue weighted by Gasteiger charge is -2.27. The van der Waals surface area contributed by atoms with Gasteiger partial charge in [0.05, 0.1) is 12.0 Å². The van der Waals surface area contributed by atoms with Crippen molar-refractivity contribution >= 4 is 5.97 Å². The molecule has 3 heteroatoms. The molecule has 1 saturated carbocycles. The van der Waals surface area contributed by atoms with Gasteiger partial charge < -0.3 is 9.47 Å². The average molecular weight is 244 g/mol. The number of carbonyl (C=O) groups excluding carboxylic acids is 1. The first-order chi connectivity index (χ1) is 8.69. The van der Waals surface area contributed by atoms with Crippen LogP contribution in [0.2, 0.25) is 0 Å². The summed E-state index contributed by atoms with van der Waals surface area (Å²) in [6.45, 7) is 2.05. The maximum atomic E-state index is 12.0. The molecular weight excluding hydrogens is 228 g/mol. The van der Waals surface area contributed by atoms with Crippen molar-refractivity contribution in [2.45, 2.75) is 38.1 Å². The van der Waals surface area contributed by atoms with Crippen LogP contribution in [-0.4, -0.2) is 12.1 Å². The minimum atomic E-state index is -0.781. The number of hydrogen-bond acceptors (Lipinski definition) is 3. The van der Waals surface area contributed by atoms with Crippen molar-refractivity contribution in [3.8, 4) is 0 Å². The Labute approximate surface area is 106 Å². The van der Waals surface area contributed by atoms with E-state index < -0.39 is 5.79 Å². The Morgan fingerprint density at radius 2 is 2.00 bits per heavy atom. The van der Waals surface area contributed by atoms with E-state index in [1.165, 1.54) is 5.56 Å². The fourth-order valence-corrected chi connectivity index (χ4v) is 3.73. The molecule has 0 unspecified atom stereocenters. The van der Waals surface area contributed by atoms with Crippen LogP contribution in [0.1, 0.15) is 30.4 Å². The Bertz CT molecular complexity index is 507. The largest absolute Gasteiger partial charge is 0.428 e. The zero-order valence-corrected chi connectivity index (χ0v) is 10.4. The quantitative estimate of drug-likeness (QED) is 0.712.